The quantitative estimate of drug-likeness (QED) is 0.163. The van der Waals surface area contributed by atoms with E-state index in [9.17, 15) is 5.21 Å². The molecule has 0 unspecified atom stereocenters. The molecule has 3 rings (SSSR count). The second-order valence-electron chi connectivity index (χ2n) is 5.83. The first-order valence-electron chi connectivity index (χ1n) is 8.38. The molecule has 0 aliphatic carbocycles. The average Bonchev–Trinajstić information content (AvgIpc) is 2.68. The van der Waals surface area contributed by atoms with Crippen molar-refractivity contribution in [1.29, 1.82) is 0 Å². The number of nitrogens with zero attached hydrogens (tertiary/aromatic N) is 1. The van der Waals surface area contributed by atoms with Crippen molar-refractivity contribution in [3.05, 3.63) is 116 Å². The second kappa shape index (κ2) is 9.49. The molecule has 0 spiro atoms. The van der Waals surface area contributed by atoms with E-state index in [1.165, 1.54) is 0 Å². The van der Waals surface area contributed by atoms with Crippen LogP contribution in [0.2, 0.25) is 0 Å². The molecule has 0 radical (unpaired) electrons. The van der Waals surface area contributed by atoms with Crippen LogP contribution in [0, 0.1) is 5.21 Å². The van der Waals surface area contributed by atoms with E-state index < -0.39 is 0 Å². The molecule has 0 aliphatic rings. The van der Waals surface area contributed by atoms with Gasteiger partial charge in [0.25, 0.3) is 0 Å². The van der Waals surface area contributed by atoms with Crippen molar-refractivity contribution in [1.82, 2.24) is 0 Å². The van der Waals surface area contributed by atoms with Gasteiger partial charge in [-0.25, -0.2) is 0 Å². The fraction of sp³-hybridized carbons (Fsp3) is 0. The smallest absolute Gasteiger partial charge is 0.217 e. The molecule has 3 aromatic carbocycles. The van der Waals surface area contributed by atoms with Gasteiger partial charge in [0.2, 0.25) is 11.4 Å². The Labute approximate surface area is 176 Å². The van der Waals surface area contributed by atoms with Gasteiger partial charge in [-0.05, 0) is 47.5 Å². The van der Waals surface area contributed by atoms with Gasteiger partial charge in [-0.2, -0.15) is 4.74 Å². The summed E-state index contributed by atoms with van der Waals surface area (Å²) in [5, 5.41) is 12.9. The third-order valence-corrected chi connectivity index (χ3v) is 4.80. The zero-order valence-corrected chi connectivity index (χ0v) is 17.6. The predicted molar refractivity (Wildman–Crippen MR) is 121 cm³/mol. The summed E-state index contributed by atoms with van der Waals surface area (Å²) in [7, 11) is 0. The normalized spacial score (nSPS) is 11.2. The van der Waals surface area contributed by atoms with Crippen molar-refractivity contribution in [3.63, 3.8) is 0 Å². The van der Waals surface area contributed by atoms with Crippen LogP contribution in [0.15, 0.2) is 100.0 Å². The maximum Gasteiger partial charge on any atom is 0.217 e. The first kappa shape index (κ1) is 19.3. The van der Waals surface area contributed by atoms with Gasteiger partial charge < -0.3 is 5.21 Å². The van der Waals surface area contributed by atoms with Crippen LogP contribution in [-0.4, -0.2) is 10.5 Å². The third-order valence-electron chi connectivity index (χ3n) is 3.82. The standard InChI is InChI=1S/C23H17Br2NO/c24-20-8-4-6-18(16-20)12-14-23(26(27)22-10-2-1-3-11-22)15-13-19-7-5-9-21(25)17-19/h1-17H/b14-12+,15-13+. The Bertz CT molecular complexity index is 950. The number of para-hydroxylation sites is 1. The van der Waals surface area contributed by atoms with Crippen molar-refractivity contribution in [2.75, 3.05) is 0 Å². The summed E-state index contributed by atoms with van der Waals surface area (Å²) < 4.78 is 2.93. The van der Waals surface area contributed by atoms with Gasteiger partial charge in [0, 0.05) is 33.2 Å². The van der Waals surface area contributed by atoms with E-state index in [1.54, 1.807) is 12.1 Å². The van der Waals surface area contributed by atoms with Gasteiger partial charge in [-0.15, -0.1) is 0 Å². The molecule has 0 heterocycles. The molecule has 0 amide bonds. The second-order valence-corrected chi connectivity index (χ2v) is 7.66. The first-order chi connectivity index (χ1) is 13.1. The van der Waals surface area contributed by atoms with Crippen molar-refractivity contribution >= 4 is 55.4 Å². The topological polar surface area (TPSA) is 26.1 Å². The minimum Gasteiger partial charge on any atom is -0.618 e. The minimum atomic E-state index is 0.543. The zero-order chi connectivity index (χ0) is 19.1. The van der Waals surface area contributed by atoms with Crippen LogP contribution in [0.5, 0.6) is 0 Å². The van der Waals surface area contributed by atoms with E-state index in [0.29, 0.717) is 11.4 Å². The molecule has 134 valence electrons. The zero-order valence-electron chi connectivity index (χ0n) is 14.4. The van der Waals surface area contributed by atoms with Crippen LogP contribution in [0.3, 0.4) is 0 Å². The fourth-order valence-corrected chi connectivity index (χ4v) is 3.32. The SMILES string of the molecule is [O-][N+](=C(/C=C/c1cccc(Br)c1)/C=C/c1cccc(Br)c1)c1ccccc1. The number of hydrogen-bond acceptors (Lipinski definition) is 1. The van der Waals surface area contributed by atoms with E-state index in [1.807, 2.05) is 91.0 Å². The Hall–Kier alpha value is -2.43. The molecule has 27 heavy (non-hydrogen) atoms. The van der Waals surface area contributed by atoms with E-state index in [4.69, 9.17) is 0 Å². The molecule has 4 heteroatoms. The van der Waals surface area contributed by atoms with Crippen LogP contribution >= 0.6 is 31.9 Å². The summed E-state index contributed by atoms with van der Waals surface area (Å²) in [6.07, 6.45) is 7.52. The van der Waals surface area contributed by atoms with Gasteiger partial charge in [0.05, 0.1) is 0 Å². The molecule has 0 saturated heterocycles. The lowest BCUT2D eigenvalue weighted by atomic mass is 10.1. The molecule has 0 atom stereocenters. The lowest BCUT2D eigenvalue weighted by molar-refractivity contribution is -0.358. The monoisotopic (exact) mass is 481 g/mol. The highest BCUT2D eigenvalue weighted by Gasteiger charge is 2.06. The summed E-state index contributed by atoms with van der Waals surface area (Å²) in [5.41, 5.74) is 3.16. The number of allylic oxidation sites excluding steroid dienone is 2. The number of hydrogen-bond donors (Lipinski definition) is 0. The molecular formula is C23H17Br2NO. The average molecular weight is 483 g/mol. The highest BCUT2D eigenvalue weighted by molar-refractivity contribution is 9.10. The largest absolute Gasteiger partial charge is 0.618 e. The first-order valence-corrected chi connectivity index (χ1v) is 9.97. The summed E-state index contributed by atoms with van der Waals surface area (Å²) in [4.78, 5) is 0. The Morgan fingerprint density at radius 1 is 0.704 bits per heavy atom. The maximum atomic E-state index is 12.9. The van der Waals surface area contributed by atoms with Crippen LogP contribution in [-0.2, 0) is 0 Å². The van der Waals surface area contributed by atoms with E-state index >= 15 is 0 Å². The summed E-state index contributed by atoms with van der Waals surface area (Å²) in [6, 6.07) is 25.1. The number of rotatable bonds is 5. The molecule has 0 aliphatic heterocycles. The molecule has 0 bridgehead atoms. The Morgan fingerprint density at radius 2 is 1.22 bits per heavy atom. The number of halogens is 2. The molecule has 3 aromatic rings. The minimum absolute atomic E-state index is 0.543. The van der Waals surface area contributed by atoms with Crippen LogP contribution in [0.1, 0.15) is 11.1 Å². The van der Waals surface area contributed by atoms with E-state index in [-0.39, 0.29) is 0 Å². The van der Waals surface area contributed by atoms with Crippen LogP contribution in [0.4, 0.5) is 5.69 Å². The summed E-state index contributed by atoms with van der Waals surface area (Å²) in [5.74, 6) is 0. The molecular weight excluding hydrogens is 466 g/mol. The number of benzene rings is 3. The lowest BCUT2D eigenvalue weighted by Crippen LogP contribution is -2.06. The van der Waals surface area contributed by atoms with E-state index in [2.05, 4.69) is 31.9 Å². The molecule has 0 fully saturated rings. The predicted octanol–water partition coefficient (Wildman–Crippen LogP) is 7.22. The molecule has 2 nitrogen and oxygen atoms in total. The van der Waals surface area contributed by atoms with Crippen molar-refractivity contribution < 1.29 is 4.74 Å². The highest BCUT2D eigenvalue weighted by Crippen LogP contribution is 2.16. The molecule has 0 aromatic heterocycles. The third kappa shape index (κ3) is 5.78. The van der Waals surface area contributed by atoms with Crippen molar-refractivity contribution in [3.8, 4) is 0 Å². The summed E-state index contributed by atoms with van der Waals surface area (Å²) in [6.45, 7) is 0. The van der Waals surface area contributed by atoms with Crippen LogP contribution < -0.4 is 0 Å². The van der Waals surface area contributed by atoms with Crippen molar-refractivity contribution in [2.45, 2.75) is 0 Å². The van der Waals surface area contributed by atoms with Gasteiger partial charge >= 0.3 is 0 Å². The maximum absolute atomic E-state index is 12.9. The van der Waals surface area contributed by atoms with Crippen LogP contribution in [0.25, 0.3) is 12.2 Å². The van der Waals surface area contributed by atoms with Crippen molar-refractivity contribution in [2.24, 2.45) is 0 Å². The van der Waals surface area contributed by atoms with Gasteiger partial charge in [0.15, 0.2) is 0 Å². The fourth-order valence-electron chi connectivity index (χ4n) is 2.49. The van der Waals surface area contributed by atoms with Gasteiger partial charge in [-0.3, -0.25) is 0 Å². The highest BCUT2D eigenvalue weighted by atomic mass is 79.9. The summed E-state index contributed by atoms with van der Waals surface area (Å²) >= 11 is 6.94. The van der Waals surface area contributed by atoms with Gasteiger partial charge in [-0.1, -0.05) is 74.3 Å². The van der Waals surface area contributed by atoms with Gasteiger partial charge in [0.1, 0.15) is 0 Å². The Balaban J connectivity index is 1.98. The van der Waals surface area contributed by atoms with E-state index in [0.717, 1.165) is 24.8 Å². The molecule has 0 N–H and O–H groups in total. The molecule has 0 saturated carbocycles. The Morgan fingerprint density at radius 3 is 1.70 bits per heavy atom. The lowest BCUT2D eigenvalue weighted by Gasteiger charge is -2.05. The Kier molecular flexibility index (Phi) is 6.80.